The number of rotatable bonds is 4. The summed E-state index contributed by atoms with van der Waals surface area (Å²) in [6.07, 6.45) is 3.51. The molecule has 0 aromatic carbocycles. The molecule has 0 spiro atoms. The molecule has 0 radical (unpaired) electrons. The van der Waals surface area contributed by atoms with Crippen LogP contribution in [0.2, 0.25) is 5.15 Å². The van der Waals surface area contributed by atoms with E-state index in [2.05, 4.69) is 15.1 Å². The molecule has 0 bridgehead atoms. The second-order valence-corrected chi connectivity index (χ2v) is 4.28. The molecule has 0 aliphatic carbocycles. The molecule has 2 rings (SSSR count). The second kappa shape index (κ2) is 5.46. The highest BCUT2D eigenvalue weighted by Crippen LogP contribution is 2.22. The lowest BCUT2D eigenvalue weighted by Gasteiger charge is -2.09. The Kier molecular flexibility index (Phi) is 3.93. The summed E-state index contributed by atoms with van der Waals surface area (Å²) in [5, 5.41) is 4.62. The number of hydrogen-bond acceptors (Lipinski definition) is 4. The van der Waals surface area contributed by atoms with Crippen molar-refractivity contribution in [1.29, 1.82) is 0 Å². The second-order valence-electron chi connectivity index (χ2n) is 3.90. The first-order valence-electron chi connectivity index (χ1n) is 5.74. The fraction of sp³-hybridized carbons (Fsp3) is 0.417. The zero-order valence-corrected chi connectivity index (χ0v) is 11.3. The molecule has 0 saturated carbocycles. The van der Waals surface area contributed by atoms with E-state index >= 15 is 0 Å². The molecule has 1 atom stereocenters. The van der Waals surface area contributed by atoms with Crippen LogP contribution in [0.4, 0.5) is 0 Å². The van der Waals surface area contributed by atoms with Crippen molar-refractivity contribution in [2.45, 2.75) is 26.5 Å². The van der Waals surface area contributed by atoms with Gasteiger partial charge in [0.15, 0.2) is 5.82 Å². The van der Waals surface area contributed by atoms with Crippen LogP contribution in [0.3, 0.4) is 0 Å². The number of hydrogen-bond donors (Lipinski definition) is 0. The van der Waals surface area contributed by atoms with Crippen molar-refractivity contribution in [2.75, 3.05) is 7.11 Å². The van der Waals surface area contributed by atoms with Gasteiger partial charge >= 0.3 is 0 Å². The van der Waals surface area contributed by atoms with Gasteiger partial charge in [-0.1, -0.05) is 11.6 Å². The van der Waals surface area contributed by atoms with Crippen molar-refractivity contribution in [2.24, 2.45) is 0 Å². The van der Waals surface area contributed by atoms with Crippen LogP contribution >= 0.6 is 11.6 Å². The van der Waals surface area contributed by atoms with Crippen molar-refractivity contribution < 1.29 is 4.74 Å². The normalized spacial score (nSPS) is 12.7. The smallest absolute Gasteiger partial charge is 0.159 e. The SMILES string of the molecule is CCn1cc(-c2cc(Cl)nc(C(C)OC)n2)cn1. The van der Waals surface area contributed by atoms with Crippen LogP contribution in [0.15, 0.2) is 18.5 Å². The van der Waals surface area contributed by atoms with E-state index in [0.29, 0.717) is 11.0 Å². The van der Waals surface area contributed by atoms with E-state index in [0.717, 1.165) is 17.8 Å². The predicted molar refractivity (Wildman–Crippen MR) is 69.4 cm³/mol. The van der Waals surface area contributed by atoms with E-state index in [-0.39, 0.29) is 6.10 Å². The maximum atomic E-state index is 6.01. The van der Waals surface area contributed by atoms with Gasteiger partial charge in [-0.3, -0.25) is 4.68 Å². The van der Waals surface area contributed by atoms with E-state index in [1.54, 1.807) is 19.4 Å². The van der Waals surface area contributed by atoms with Gasteiger partial charge in [0.1, 0.15) is 11.3 Å². The third-order valence-corrected chi connectivity index (χ3v) is 2.88. The lowest BCUT2D eigenvalue weighted by atomic mass is 10.2. The van der Waals surface area contributed by atoms with E-state index in [1.807, 2.05) is 24.7 Å². The van der Waals surface area contributed by atoms with Gasteiger partial charge in [-0.15, -0.1) is 0 Å². The van der Waals surface area contributed by atoms with Crippen molar-refractivity contribution in [1.82, 2.24) is 19.7 Å². The van der Waals surface area contributed by atoms with Crippen molar-refractivity contribution >= 4 is 11.6 Å². The average Bonchev–Trinajstić information content (AvgIpc) is 2.85. The number of aryl methyl sites for hydroxylation is 1. The monoisotopic (exact) mass is 266 g/mol. The van der Waals surface area contributed by atoms with Gasteiger partial charge in [-0.25, -0.2) is 9.97 Å². The molecule has 1 unspecified atom stereocenters. The third-order valence-electron chi connectivity index (χ3n) is 2.68. The zero-order chi connectivity index (χ0) is 13.1. The topological polar surface area (TPSA) is 52.8 Å². The number of halogens is 1. The Bertz CT molecular complexity index is 541. The van der Waals surface area contributed by atoms with E-state index in [1.165, 1.54) is 0 Å². The Morgan fingerprint density at radius 3 is 2.83 bits per heavy atom. The number of methoxy groups -OCH3 is 1. The van der Waals surface area contributed by atoms with Crippen LogP contribution in [-0.4, -0.2) is 26.9 Å². The number of aromatic nitrogens is 4. The van der Waals surface area contributed by atoms with Crippen LogP contribution in [0.25, 0.3) is 11.3 Å². The summed E-state index contributed by atoms with van der Waals surface area (Å²) in [5.74, 6) is 0.573. The van der Waals surface area contributed by atoms with Gasteiger partial charge < -0.3 is 4.74 Å². The predicted octanol–water partition coefficient (Wildman–Crippen LogP) is 2.72. The molecule has 0 N–H and O–H groups in total. The molecule has 6 heteroatoms. The first-order chi connectivity index (χ1) is 8.63. The molecule has 5 nitrogen and oxygen atoms in total. The Hall–Kier alpha value is -1.46. The maximum Gasteiger partial charge on any atom is 0.159 e. The summed E-state index contributed by atoms with van der Waals surface area (Å²) in [5.41, 5.74) is 1.68. The minimum Gasteiger partial charge on any atom is -0.374 e. The molecular weight excluding hydrogens is 252 g/mol. The molecular formula is C12H15ClN4O. The van der Waals surface area contributed by atoms with Crippen molar-refractivity contribution in [3.8, 4) is 11.3 Å². The molecule has 0 amide bonds. The lowest BCUT2D eigenvalue weighted by Crippen LogP contribution is -2.03. The zero-order valence-electron chi connectivity index (χ0n) is 10.6. The molecule has 96 valence electrons. The summed E-state index contributed by atoms with van der Waals surface area (Å²) < 4.78 is 7.04. The van der Waals surface area contributed by atoms with E-state index in [4.69, 9.17) is 16.3 Å². The Morgan fingerprint density at radius 2 is 2.22 bits per heavy atom. The molecule has 0 fully saturated rings. The minimum absolute atomic E-state index is 0.191. The standard InChI is InChI=1S/C12H15ClN4O/c1-4-17-7-9(6-14-17)10-5-11(13)16-12(15-10)8(2)18-3/h5-8H,4H2,1-3H3. The van der Waals surface area contributed by atoms with Crippen LogP contribution in [0.1, 0.15) is 25.8 Å². The van der Waals surface area contributed by atoms with Crippen LogP contribution in [0.5, 0.6) is 0 Å². The van der Waals surface area contributed by atoms with E-state index in [9.17, 15) is 0 Å². The molecule has 0 saturated heterocycles. The molecule has 18 heavy (non-hydrogen) atoms. The summed E-state index contributed by atoms with van der Waals surface area (Å²) in [6, 6.07) is 1.73. The van der Waals surface area contributed by atoms with Gasteiger partial charge in [-0.2, -0.15) is 5.10 Å². The summed E-state index contributed by atoms with van der Waals surface area (Å²) in [6.45, 7) is 4.73. The Labute approximate surface area is 111 Å². The first-order valence-corrected chi connectivity index (χ1v) is 6.12. The van der Waals surface area contributed by atoms with Gasteiger partial charge in [0.2, 0.25) is 0 Å². The van der Waals surface area contributed by atoms with Crippen LogP contribution in [0, 0.1) is 0 Å². The van der Waals surface area contributed by atoms with Crippen molar-refractivity contribution in [3.05, 3.63) is 29.4 Å². The first kappa shape index (κ1) is 13.0. The average molecular weight is 267 g/mol. The highest BCUT2D eigenvalue weighted by molar-refractivity contribution is 6.29. The summed E-state index contributed by atoms with van der Waals surface area (Å²) in [7, 11) is 1.61. The number of ether oxygens (including phenoxy) is 1. The van der Waals surface area contributed by atoms with Crippen molar-refractivity contribution in [3.63, 3.8) is 0 Å². The van der Waals surface area contributed by atoms with Crippen LogP contribution < -0.4 is 0 Å². The maximum absolute atomic E-state index is 6.01. The Balaban J connectivity index is 2.41. The largest absolute Gasteiger partial charge is 0.374 e. The van der Waals surface area contributed by atoms with Gasteiger partial charge in [0.05, 0.1) is 11.9 Å². The Morgan fingerprint density at radius 1 is 1.44 bits per heavy atom. The van der Waals surface area contributed by atoms with E-state index < -0.39 is 0 Å². The number of nitrogens with zero attached hydrogens (tertiary/aromatic N) is 4. The highest BCUT2D eigenvalue weighted by Gasteiger charge is 2.12. The quantitative estimate of drug-likeness (QED) is 0.799. The fourth-order valence-electron chi connectivity index (χ4n) is 1.54. The van der Waals surface area contributed by atoms with Gasteiger partial charge in [0, 0.05) is 31.5 Å². The fourth-order valence-corrected chi connectivity index (χ4v) is 1.73. The third kappa shape index (κ3) is 2.68. The lowest BCUT2D eigenvalue weighted by molar-refractivity contribution is 0.112. The molecule has 2 aromatic rings. The van der Waals surface area contributed by atoms with Gasteiger partial charge in [0.25, 0.3) is 0 Å². The summed E-state index contributed by atoms with van der Waals surface area (Å²) >= 11 is 6.01. The highest BCUT2D eigenvalue weighted by atomic mass is 35.5. The van der Waals surface area contributed by atoms with Gasteiger partial charge in [-0.05, 0) is 13.8 Å². The van der Waals surface area contributed by atoms with Crippen LogP contribution in [-0.2, 0) is 11.3 Å². The summed E-state index contributed by atoms with van der Waals surface area (Å²) in [4.78, 5) is 8.61. The molecule has 0 aliphatic rings. The minimum atomic E-state index is -0.191. The molecule has 2 heterocycles. The molecule has 2 aromatic heterocycles. The molecule has 0 aliphatic heterocycles.